The average Bonchev–Trinajstić information content (AvgIpc) is 3.31. The molecule has 0 bridgehead atoms. The number of aromatic nitrogens is 3. The molecule has 6 nitrogen and oxygen atoms in total. The predicted octanol–water partition coefficient (Wildman–Crippen LogP) is 3.14. The molecule has 0 amide bonds. The van der Waals surface area contributed by atoms with E-state index < -0.39 is 5.92 Å². The molecule has 1 atom stereocenters. The second-order valence-electron chi connectivity index (χ2n) is 7.31. The average molecular weight is 392 g/mol. The quantitative estimate of drug-likeness (QED) is 0.718. The summed E-state index contributed by atoms with van der Waals surface area (Å²) in [6, 6.07) is 0. The van der Waals surface area contributed by atoms with Gasteiger partial charge < -0.3 is 9.72 Å². The molecule has 2 N–H and O–H groups in total. The molecule has 2 aliphatic rings. The third kappa shape index (κ3) is 2.76. The summed E-state index contributed by atoms with van der Waals surface area (Å²) in [5.41, 5.74) is 2.39. The van der Waals surface area contributed by atoms with Crippen molar-refractivity contribution in [3.05, 3.63) is 34.0 Å². The highest BCUT2D eigenvalue weighted by Gasteiger charge is 2.39. The number of alkyl halides is 2. The van der Waals surface area contributed by atoms with Crippen LogP contribution in [0.5, 0.6) is 5.75 Å². The number of hydrogen-bond donors (Lipinski definition) is 2. The molecule has 27 heavy (non-hydrogen) atoms. The van der Waals surface area contributed by atoms with E-state index in [4.69, 9.17) is 4.74 Å². The lowest BCUT2D eigenvalue weighted by Gasteiger charge is -2.25. The summed E-state index contributed by atoms with van der Waals surface area (Å²) in [6.45, 7) is 2.36. The SMILES string of the molecule is C[C@@H]1Cc2c(CN3CCC(F)(F)C3)[nH]c(=O)c3sc(-c4cn[nH]c4)c(c23)O1. The number of hydrogen-bond acceptors (Lipinski definition) is 5. The van der Waals surface area contributed by atoms with Crippen LogP contribution in [0.1, 0.15) is 24.6 Å². The lowest BCUT2D eigenvalue weighted by molar-refractivity contribution is 0.0113. The van der Waals surface area contributed by atoms with Crippen molar-refractivity contribution in [2.75, 3.05) is 13.1 Å². The highest BCUT2D eigenvalue weighted by atomic mass is 32.1. The number of ether oxygens (including phenoxy) is 1. The Morgan fingerprint density at radius 3 is 3.04 bits per heavy atom. The molecule has 5 heterocycles. The topological polar surface area (TPSA) is 74.0 Å². The first-order valence-corrected chi connectivity index (χ1v) is 9.69. The lowest BCUT2D eigenvalue weighted by Crippen LogP contribution is -2.29. The van der Waals surface area contributed by atoms with Crippen molar-refractivity contribution < 1.29 is 13.5 Å². The monoisotopic (exact) mass is 392 g/mol. The number of nitrogens with one attached hydrogen (secondary N) is 2. The van der Waals surface area contributed by atoms with Crippen LogP contribution in [0, 0.1) is 0 Å². The van der Waals surface area contributed by atoms with Crippen molar-refractivity contribution in [2.24, 2.45) is 0 Å². The maximum absolute atomic E-state index is 13.6. The molecule has 0 spiro atoms. The molecule has 0 aromatic carbocycles. The number of pyridine rings is 1. The molecule has 0 saturated carbocycles. The van der Waals surface area contributed by atoms with E-state index in [9.17, 15) is 13.6 Å². The molecule has 2 aliphatic heterocycles. The summed E-state index contributed by atoms with van der Waals surface area (Å²) in [5, 5.41) is 7.59. The fraction of sp³-hybridized carbons (Fsp3) is 0.444. The van der Waals surface area contributed by atoms with E-state index in [1.54, 1.807) is 17.3 Å². The highest BCUT2D eigenvalue weighted by molar-refractivity contribution is 7.22. The summed E-state index contributed by atoms with van der Waals surface area (Å²) < 4.78 is 33.8. The normalized spacial score (nSPS) is 21.7. The zero-order valence-electron chi connectivity index (χ0n) is 14.6. The Kier molecular flexibility index (Phi) is 3.67. The van der Waals surface area contributed by atoms with E-state index in [1.807, 2.05) is 6.92 Å². The Hall–Kier alpha value is -2.26. The molecule has 1 fully saturated rings. The summed E-state index contributed by atoms with van der Waals surface area (Å²) in [6.07, 6.45) is 3.91. The maximum atomic E-state index is 13.6. The third-order valence-electron chi connectivity index (χ3n) is 5.20. The van der Waals surface area contributed by atoms with Crippen molar-refractivity contribution in [2.45, 2.75) is 38.3 Å². The van der Waals surface area contributed by atoms with Crippen LogP contribution in [0.2, 0.25) is 0 Å². The zero-order valence-corrected chi connectivity index (χ0v) is 15.5. The first-order valence-electron chi connectivity index (χ1n) is 8.88. The van der Waals surface area contributed by atoms with Gasteiger partial charge in [-0.15, -0.1) is 11.3 Å². The number of halogens is 2. The second-order valence-corrected chi connectivity index (χ2v) is 8.33. The minimum Gasteiger partial charge on any atom is -0.488 e. The molecule has 0 unspecified atom stereocenters. The number of aromatic amines is 2. The number of nitrogens with zero attached hydrogens (tertiary/aromatic N) is 2. The van der Waals surface area contributed by atoms with Gasteiger partial charge in [-0.1, -0.05) is 0 Å². The minimum atomic E-state index is -2.65. The summed E-state index contributed by atoms with van der Waals surface area (Å²) >= 11 is 1.38. The Labute approximate surface area is 157 Å². The molecule has 0 aliphatic carbocycles. The molecular formula is C18H18F2N4O2S. The van der Waals surface area contributed by atoms with Gasteiger partial charge in [0, 0.05) is 48.8 Å². The van der Waals surface area contributed by atoms with Crippen LogP contribution in [0.15, 0.2) is 17.2 Å². The lowest BCUT2D eigenvalue weighted by atomic mass is 9.98. The first kappa shape index (κ1) is 16.9. The van der Waals surface area contributed by atoms with Crippen LogP contribution in [-0.4, -0.2) is 45.2 Å². The van der Waals surface area contributed by atoms with Crippen LogP contribution in [0.25, 0.3) is 20.5 Å². The molecule has 0 radical (unpaired) electrons. The van der Waals surface area contributed by atoms with Crippen LogP contribution < -0.4 is 10.3 Å². The number of rotatable bonds is 3. The van der Waals surface area contributed by atoms with Crippen molar-refractivity contribution in [1.29, 1.82) is 0 Å². The Morgan fingerprint density at radius 2 is 2.33 bits per heavy atom. The van der Waals surface area contributed by atoms with Gasteiger partial charge in [0.15, 0.2) is 0 Å². The van der Waals surface area contributed by atoms with E-state index >= 15 is 0 Å². The van der Waals surface area contributed by atoms with Crippen LogP contribution in [-0.2, 0) is 13.0 Å². The van der Waals surface area contributed by atoms with Gasteiger partial charge in [-0.25, -0.2) is 8.78 Å². The summed E-state index contributed by atoms with van der Waals surface area (Å²) in [7, 11) is 0. The predicted molar refractivity (Wildman–Crippen MR) is 98.7 cm³/mol. The Morgan fingerprint density at radius 1 is 1.48 bits per heavy atom. The highest BCUT2D eigenvalue weighted by Crippen LogP contribution is 2.47. The van der Waals surface area contributed by atoms with E-state index in [-0.39, 0.29) is 24.6 Å². The molecular weight excluding hydrogens is 374 g/mol. The molecule has 3 aromatic heterocycles. The van der Waals surface area contributed by atoms with Crippen LogP contribution in [0.4, 0.5) is 8.78 Å². The third-order valence-corrected chi connectivity index (χ3v) is 6.42. The van der Waals surface area contributed by atoms with Crippen LogP contribution in [0.3, 0.4) is 0 Å². The van der Waals surface area contributed by atoms with E-state index in [1.165, 1.54) is 11.3 Å². The van der Waals surface area contributed by atoms with Gasteiger partial charge in [0.05, 0.1) is 17.6 Å². The number of likely N-dealkylation sites (tertiary alicyclic amines) is 1. The Balaban J connectivity index is 1.66. The molecule has 1 saturated heterocycles. The largest absolute Gasteiger partial charge is 0.488 e. The van der Waals surface area contributed by atoms with Gasteiger partial charge in [-0.05, 0) is 12.5 Å². The van der Waals surface area contributed by atoms with E-state index in [2.05, 4.69) is 15.2 Å². The maximum Gasteiger partial charge on any atom is 0.266 e. The minimum absolute atomic E-state index is 0.0642. The van der Waals surface area contributed by atoms with Crippen molar-refractivity contribution in [3.63, 3.8) is 0 Å². The van der Waals surface area contributed by atoms with Crippen molar-refractivity contribution in [3.8, 4) is 16.2 Å². The zero-order chi connectivity index (χ0) is 18.8. The fourth-order valence-electron chi connectivity index (χ4n) is 4.00. The van der Waals surface area contributed by atoms with Crippen molar-refractivity contribution >= 4 is 21.4 Å². The van der Waals surface area contributed by atoms with Gasteiger partial charge in [-0.3, -0.25) is 14.8 Å². The van der Waals surface area contributed by atoms with Gasteiger partial charge in [0.2, 0.25) is 0 Å². The molecule has 5 rings (SSSR count). The van der Waals surface area contributed by atoms with Crippen LogP contribution >= 0.6 is 11.3 Å². The number of thiophene rings is 1. The first-order chi connectivity index (χ1) is 12.9. The second kappa shape index (κ2) is 5.87. The summed E-state index contributed by atoms with van der Waals surface area (Å²) in [4.78, 5) is 18.2. The standard InChI is InChI=1S/C18H18F2N4O2S/c1-9-4-11-12(7-24-3-2-18(19,20)8-24)23-17(25)16-13(11)14(26-9)15(27-16)10-5-21-22-6-10/h5-6,9H,2-4,7-8H2,1H3,(H,21,22)(H,23,25)/t9-/m1/s1. The van der Waals surface area contributed by atoms with Gasteiger partial charge in [-0.2, -0.15) is 5.10 Å². The van der Waals surface area contributed by atoms with Crippen molar-refractivity contribution in [1.82, 2.24) is 20.1 Å². The number of H-pyrrole nitrogens is 2. The van der Waals surface area contributed by atoms with Gasteiger partial charge in [0.25, 0.3) is 11.5 Å². The fourth-order valence-corrected chi connectivity index (χ4v) is 5.14. The summed E-state index contributed by atoms with van der Waals surface area (Å²) in [5.74, 6) is -1.95. The molecule has 142 valence electrons. The smallest absolute Gasteiger partial charge is 0.266 e. The Bertz CT molecular complexity index is 1070. The van der Waals surface area contributed by atoms with E-state index in [0.29, 0.717) is 30.0 Å². The van der Waals surface area contributed by atoms with Gasteiger partial charge >= 0.3 is 0 Å². The molecule has 9 heteroatoms. The molecule has 3 aromatic rings. The van der Waals surface area contributed by atoms with E-state index in [0.717, 1.165) is 27.1 Å². The van der Waals surface area contributed by atoms with Gasteiger partial charge in [0.1, 0.15) is 16.6 Å².